The molecule has 1 fully saturated rings. The van der Waals surface area contributed by atoms with Crippen molar-refractivity contribution in [2.75, 3.05) is 19.8 Å². The Kier molecular flexibility index (Phi) is 4.65. The minimum atomic E-state index is -0.667. The van der Waals surface area contributed by atoms with Crippen LogP contribution in [0.25, 0.3) is 0 Å². The van der Waals surface area contributed by atoms with E-state index >= 15 is 0 Å². The van der Waals surface area contributed by atoms with Crippen molar-refractivity contribution in [2.45, 2.75) is 25.7 Å². The Hall–Kier alpha value is -1.40. The molecule has 1 aliphatic heterocycles. The lowest BCUT2D eigenvalue weighted by Gasteiger charge is -2.34. The van der Waals surface area contributed by atoms with Gasteiger partial charge in [-0.15, -0.1) is 0 Å². The van der Waals surface area contributed by atoms with Crippen LogP contribution in [0, 0.1) is 0 Å². The molecule has 0 aromatic carbocycles. The molecule has 0 radical (unpaired) electrons. The molecule has 0 aromatic heterocycles. The van der Waals surface area contributed by atoms with Crippen molar-refractivity contribution >= 4 is 11.9 Å². The van der Waals surface area contributed by atoms with Crippen LogP contribution < -0.4 is 0 Å². The molecule has 6 nitrogen and oxygen atoms in total. The molecule has 0 saturated carbocycles. The van der Waals surface area contributed by atoms with Crippen LogP contribution in [0.1, 0.15) is 13.8 Å². The van der Waals surface area contributed by atoms with Crippen LogP contribution in [0.2, 0.25) is 0 Å². The molecule has 1 rings (SSSR count). The smallest absolute Gasteiger partial charge is 0.344 e. The molecule has 0 N–H and O–H groups in total. The quantitative estimate of drug-likeness (QED) is 0.527. The van der Waals surface area contributed by atoms with Gasteiger partial charge in [0.2, 0.25) is 0 Å². The molecular weight excluding hydrogens is 228 g/mol. The average molecular weight is 244 g/mol. The first-order valence-corrected chi connectivity index (χ1v) is 5.19. The normalized spacial score (nSPS) is 19.4. The minimum absolute atomic E-state index is 0.258. The third-order valence-corrected chi connectivity index (χ3v) is 2.03. The van der Waals surface area contributed by atoms with Crippen molar-refractivity contribution in [1.82, 2.24) is 0 Å². The molecule has 1 aliphatic rings. The molecular formula is C11H16O6. The van der Waals surface area contributed by atoms with E-state index in [0.29, 0.717) is 0 Å². The predicted molar refractivity (Wildman–Crippen MR) is 57.0 cm³/mol. The van der Waals surface area contributed by atoms with Crippen LogP contribution in [0.5, 0.6) is 0 Å². The fraction of sp³-hybridized carbons (Fsp3) is 0.636. The Morgan fingerprint density at radius 3 is 2.53 bits per heavy atom. The van der Waals surface area contributed by atoms with Crippen LogP contribution in [0.15, 0.2) is 12.7 Å². The van der Waals surface area contributed by atoms with Crippen molar-refractivity contribution in [1.29, 1.82) is 0 Å². The van der Waals surface area contributed by atoms with Crippen molar-refractivity contribution in [3.63, 3.8) is 0 Å². The molecule has 96 valence electrons. The van der Waals surface area contributed by atoms with Gasteiger partial charge in [-0.1, -0.05) is 6.58 Å². The minimum Gasteiger partial charge on any atom is -0.455 e. The highest BCUT2D eigenvalue weighted by molar-refractivity contribution is 5.83. The van der Waals surface area contributed by atoms with E-state index in [1.54, 1.807) is 13.8 Å². The lowest BCUT2D eigenvalue weighted by molar-refractivity contribution is -0.276. The van der Waals surface area contributed by atoms with Gasteiger partial charge in [0.15, 0.2) is 12.4 Å². The summed E-state index contributed by atoms with van der Waals surface area (Å²) in [7, 11) is 0. The zero-order valence-corrected chi connectivity index (χ0v) is 9.93. The third-order valence-electron chi connectivity index (χ3n) is 2.03. The summed E-state index contributed by atoms with van der Waals surface area (Å²) in [6.45, 7) is 6.83. The number of carbonyl (C=O) groups is 2. The first kappa shape index (κ1) is 13.7. The Bertz CT molecular complexity index is 299. The van der Waals surface area contributed by atoms with Gasteiger partial charge < -0.3 is 18.9 Å². The van der Waals surface area contributed by atoms with Gasteiger partial charge in [0, 0.05) is 6.08 Å². The van der Waals surface area contributed by atoms with Crippen LogP contribution >= 0.6 is 0 Å². The van der Waals surface area contributed by atoms with E-state index < -0.39 is 30.4 Å². The summed E-state index contributed by atoms with van der Waals surface area (Å²) in [5.74, 6) is -1.96. The van der Waals surface area contributed by atoms with E-state index in [1.165, 1.54) is 0 Å². The van der Waals surface area contributed by atoms with Gasteiger partial charge in [-0.25, -0.2) is 9.59 Å². The Labute approximate surface area is 99.5 Å². The maximum absolute atomic E-state index is 11.2. The number of ether oxygens (including phenoxy) is 4. The summed E-state index contributed by atoms with van der Waals surface area (Å²) in [6, 6.07) is 0. The highest BCUT2D eigenvalue weighted by atomic mass is 16.7. The highest BCUT2D eigenvalue weighted by Gasteiger charge is 2.30. The van der Waals surface area contributed by atoms with E-state index in [9.17, 15) is 9.59 Å². The summed E-state index contributed by atoms with van der Waals surface area (Å²) in [6.07, 6.45) is 0.501. The van der Waals surface area contributed by atoms with Gasteiger partial charge in [-0.05, 0) is 13.8 Å². The van der Waals surface area contributed by atoms with Gasteiger partial charge >= 0.3 is 11.9 Å². The number of esters is 2. The lowest BCUT2D eigenvalue weighted by atomic mass is 10.3. The summed E-state index contributed by atoms with van der Waals surface area (Å²) < 4.78 is 20.1. The average Bonchev–Trinajstić information content (AvgIpc) is 2.29. The van der Waals surface area contributed by atoms with Crippen molar-refractivity contribution in [3.8, 4) is 0 Å². The zero-order chi connectivity index (χ0) is 12.9. The van der Waals surface area contributed by atoms with Gasteiger partial charge in [0.1, 0.15) is 6.10 Å². The third kappa shape index (κ3) is 4.97. The topological polar surface area (TPSA) is 71.1 Å². The van der Waals surface area contributed by atoms with Gasteiger partial charge in [-0.3, -0.25) is 0 Å². The summed E-state index contributed by atoms with van der Waals surface area (Å²) in [4.78, 5) is 21.9. The van der Waals surface area contributed by atoms with Crippen LogP contribution in [-0.4, -0.2) is 43.7 Å². The molecule has 0 atom stereocenters. The summed E-state index contributed by atoms with van der Waals surface area (Å²) >= 11 is 0. The van der Waals surface area contributed by atoms with Gasteiger partial charge in [-0.2, -0.15) is 0 Å². The number of hydrogen-bond acceptors (Lipinski definition) is 6. The lowest BCUT2D eigenvalue weighted by Crippen LogP contribution is -2.44. The van der Waals surface area contributed by atoms with E-state index in [1.807, 2.05) is 0 Å². The molecule has 1 heterocycles. The fourth-order valence-electron chi connectivity index (χ4n) is 1.15. The number of rotatable bonds is 4. The first-order valence-electron chi connectivity index (χ1n) is 5.19. The number of carbonyl (C=O) groups excluding carboxylic acids is 2. The predicted octanol–water partition coefficient (Wildman–Crippen LogP) is 0.410. The standard InChI is InChI=1S/C11H16O6/c1-4-9(12)14-7-10(13)17-8-5-15-11(2,3)16-6-8/h4,8H,1,5-7H2,2-3H3. The largest absolute Gasteiger partial charge is 0.455 e. The Balaban J connectivity index is 2.24. The summed E-state index contributed by atoms with van der Waals surface area (Å²) in [5, 5.41) is 0. The van der Waals surface area contributed by atoms with Gasteiger partial charge in [0.25, 0.3) is 0 Å². The molecule has 0 amide bonds. The van der Waals surface area contributed by atoms with Gasteiger partial charge in [0.05, 0.1) is 13.2 Å². The second-order valence-corrected chi connectivity index (χ2v) is 3.95. The van der Waals surface area contributed by atoms with E-state index in [2.05, 4.69) is 11.3 Å². The molecule has 17 heavy (non-hydrogen) atoms. The van der Waals surface area contributed by atoms with Crippen LogP contribution in [-0.2, 0) is 28.5 Å². The van der Waals surface area contributed by atoms with E-state index in [0.717, 1.165) is 6.08 Å². The number of hydrogen-bond donors (Lipinski definition) is 0. The zero-order valence-electron chi connectivity index (χ0n) is 9.93. The Morgan fingerprint density at radius 1 is 1.41 bits per heavy atom. The van der Waals surface area contributed by atoms with Crippen LogP contribution in [0.3, 0.4) is 0 Å². The maximum atomic E-state index is 11.2. The maximum Gasteiger partial charge on any atom is 0.344 e. The highest BCUT2D eigenvalue weighted by Crippen LogP contribution is 2.18. The molecule has 0 bridgehead atoms. The van der Waals surface area contributed by atoms with E-state index in [4.69, 9.17) is 14.2 Å². The van der Waals surface area contributed by atoms with Crippen molar-refractivity contribution < 1.29 is 28.5 Å². The molecule has 0 spiro atoms. The van der Waals surface area contributed by atoms with Crippen molar-refractivity contribution in [2.24, 2.45) is 0 Å². The molecule has 0 aromatic rings. The second kappa shape index (κ2) is 5.79. The van der Waals surface area contributed by atoms with Crippen LogP contribution in [0.4, 0.5) is 0 Å². The fourth-order valence-corrected chi connectivity index (χ4v) is 1.15. The molecule has 1 saturated heterocycles. The molecule has 6 heteroatoms. The summed E-state index contributed by atoms with van der Waals surface area (Å²) in [5.41, 5.74) is 0. The van der Waals surface area contributed by atoms with Crippen molar-refractivity contribution in [3.05, 3.63) is 12.7 Å². The molecule has 0 unspecified atom stereocenters. The Morgan fingerprint density at radius 2 is 2.00 bits per heavy atom. The monoisotopic (exact) mass is 244 g/mol. The second-order valence-electron chi connectivity index (χ2n) is 3.95. The SMILES string of the molecule is C=CC(=O)OCC(=O)OC1COC(C)(C)OC1. The first-order chi connectivity index (χ1) is 7.93. The van der Waals surface area contributed by atoms with E-state index in [-0.39, 0.29) is 13.2 Å². The molecule has 0 aliphatic carbocycles.